The van der Waals surface area contributed by atoms with Crippen LogP contribution < -0.4 is 0 Å². The number of fused-ring (bicyclic) bond motifs is 1. The molecule has 0 fully saturated rings. The lowest BCUT2D eigenvalue weighted by Gasteiger charge is -1.99. The van der Waals surface area contributed by atoms with Gasteiger partial charge in [0, 0.05) is 18.3 Å². The van der Waals surface area contributed by atoms with Gasteiger partial charge >= 0.3 is 0 Å². The Kier molecular flexibility index (Phi) is 1.97. The first-order valence-electron chi connectivity index (χ1n) is 4.55. The molecule has 0 aliphatic rings. The Bertz CT molecular complexity index is 517. The average molecular weight is 185 g/mol. The van der Waals surface area contributed by atoms with Crippen LogP contribution in [0, 0.1) is 19.3 Å². The lowest BCUT2D eigenvalue weighted by molar-refractivity contribution is 0.746. The molecule has 2 aromatic heterocycles. The molecule has 0 aromatic carbocycles. The summed E-state index contributed by atoms with van der Waals surface area (Å²) >= 11 is 0. The Hall–Kier alpha value is -1.82. The summed E-state index contributed by atoms with van der Waals surface area (Å²) in [6.07, 6.45) is 7.00. The second-order valence-corrected chi connectivity index (χ2v) is 3.11. The molecular formula is C11H11N3. The molecule has 0 saturated carbocycles. The van der Waals surface area contributed by atoms with Crippen LogP contribution in [-0.4, -0.2) is 14.5 Å². The number of aromatic nitrogens is 3. The normalized spacial score (nSPS) is 10.4. The second-order valence-electron chi connectivity index (χ2n) is 3.11. The van der Waals surface area contributed by atoms with Gasteiger partial charge in [-0.25, -0.2) is 9.97 Å². The Morgan fingerprint density at radius 2 is 2.36 bits per heavy atom. The average Bonchev–Trinajstić information content (AvgIpc) is 2.51. The summed E-state index contributed by atoms with van der Waals surface area (Å²) in [5, 5.41) is 0. The van der Waals surface area contributed by atoms with Gasteiger partial charge in [0.15, 0.2) is 5.65 Å². The van der Waals surface area contributed by atoms with Crippen LogP contribution >= 0.6 is 0 Å². The molecule has 14 heavy (non-hydrogen) atoms. The smallest absolute Gasteiger partial charge is 0.160 e. The minimum atomic E-state index is 0.776. The van der Waals surface area contributed by atoms with Crippen LogP contribution in [0.2, 0.25) is 0 Å². The molecule has 0 aliphatic heterocycles. The summed E-state index contributed by atoms with van der Waals surface area (Å²) in [6.45, 7) is 4.93. The maximum atomic E-state index is 5.29. The van der Waals surface area contributed by atoms with Crippen LogP contribution in [0.5, 0.6) is 0 Å². The van der Waals surface area contributed by atoms with Crippen molar-refractivity contribution in [3.63, 3.8) is 0 Å². The van der Waals surface area contributed by atoms with Crippen molar-refractivity contribution in [2.75, 3.05) is 0 Å². The van der Waals surface area contributed by atoms with Crippen molar-refractivity contribution >= 4 is 11.2 Å². The van der Waals surface area contributed by atoms with Gasteiger partial charge < -0.3 is 4.57 Å². The lowest BCUT2D eigenvalue weighted by Crippen LogP contribution is -1.97. The molecular weight excluding hydrogens is 174 g/mol. The van der Waals surface area contributed by atoms with Crippen LogP contribution in [0.3, 0.4) is 0 Å². The van der Waals surface area contributed by atoms with Gasteiger partial charge in [-0.1, -0.05) is 5.92 Å². The number of hydrogen-bond acceptors (Lipinski definition) is 2. The van der Waals surface area contributed by atoms with E-state index in [0.717, 1.165) is 29.1 Å². The number of terminal acetylenes is 1. The van der Waals surface area contributed by atoms with Crippen molar-refractivity contribution < 1.29 is 0 Å². The molecule has 0 bridgehead atoms. The van der Waals surface area contributed by atoms with Gasteiger partial charge in [0.05, 0.1) is 0 Å². The van der Waals surface area contributed by atoms with E-state index in [2.05, 4.69) is 27.4 Å². The molecule has 0 atom stereocenters. The molecule has 70 valence electrons. The standard InChI is InChI=1S/C11H11N3/c1-4-9-6-10-11(12-7-9)14(5-2)8(3)13-10/h1,6-7H,5H2,2-3H3. The Morgan fingerprint density at radius 1 is 1.57 bits per heavy atom. The zero-order valence-corrected chi connectivity index (χ0v) is 8.28. The van der Waals surface area contributed by atoms with E-state index in [0.29, 0.717) is 0 Å². The first-order valence-corrected chi connectivity index (χ1v) is 4.55. The van der Waals surface area contributed by atoms with Gasteiger partial charge in [-0.3, -0.25) is 0 Å². The Labute approximate surface area is 82.8 Å². The maximum Gasteiger partial charge on any atom is 0.160 e. The number of nitrogens with zero attached hydrogens (tertiary/aromatic N) is 3. The van der Waals surface area contributed by atoms with Crippen molar-refractivity contribution in [2.45, 2.75) is 20.4 Å². The molecule has 0 amide bonds. The molecule has 0 spiro atoms. The van der Waals surface area contributed by atoms with Crippen molar-refractivity contribution in [1.82, 2.24) is 14.5 Å². The van der Waals surface area contributed by atoms with Crippen molar-refractivity contribution in [3.05, 3.63) is 23.7 Å². The summed E-state index contributed by atoms with van der Waals surface area (Å²) in [4.78, 5) is 8.70. The van der Waals surface area contributed by atoms with E-state index >= 15 is 0 Å². The van der Waals surface area contributed by atoms with Gasteiger partial charge in [-0.15, -0.1) is 6.42 Å². The van der Waals surface area contributed by atoms with Crippen LogP contribution in [0.1, 0.15) is 18.3 Å². The van der Waals surface area contributed by atoms with Crippen LogP contribution in [0.25, 0.3) is 11.2 Å². The van der Waals surface area contributed by atoms with Gasteiger partial charge in [-0.2, -0.15) is 0 Å². The van der Waals surface area contributed by atoms with Gasteiger partial charge in [0.1, 0.15) is 11.3 Å². The van der Waals surface area contributed by atoms with Gasteiger partial charge in [-0.05, 0) is 19.9 Å². The number of rotatable bonds is 1. The van der Waals surface area contributed by atoms with E-state index in [1.54, 1.807) is 6.20 Å². The van der Waals surface area contributed by atoms with E-state index < -0.39 is 0 Å². The Morgan fingerprint density at radius 3 is 3.00 bits per heavy atom. The van der Waals surface area contributed by atoms with Crippen LogP contribution in [-0.2, 0) is 6.54 Å². The first-order chi connectivity index (χ1) is 6.76. The fourth-order valence-electron chi connectivity index (χ4n) is 1.58. The second kappa shape index (κ2) is 3.15. The van der Waals surface area contributed by atoms with Gasteiger partial charge in [0.25, 0.3) is 0 Å². The number of pyridine rings is 1. The summed E-state index contributed by atoms with van der Waals surface area (Å²) in [5.41, 5.74) is 2.56. The first kappa shape index (κ1) is 8.76. The molecule has 2 rings (SSSR count). The minimum absolute atomic E-state index is 0.776. The predicted octanol–water partition coefficient (Wildman–Crippen LogP) is 1.74. The summed E-state index contributed by atoms with van der Waals surface area (Å²) in [6, 6.07) is 1.89. The Balaban J connectivity index is 2.76. The largest absolute Gasteiger partial charge is 0.313 e. The molecule has 0 aliphatic carbocycles. The molecule has 0 saturated heterocycles. The zero-order chi connectivity index (χ0) is 10.1. The van der Waals surface area contributed by atoms with E-state index in [-0.39, 0.29) is 0 Å². The molecule has 3 nitrogen and oxygen atoms in total. The number of hydrogen-bond donors (Lipinski definition) is 0. The molecule has 2 aromatic rings. The van der Waals surface area contributed by atoms with Crippen LogP contribution in [0.4, 0.5) is 0 Å². The highest BCUT2D eigenvalue weighted by atomic mass is 15.1. The summed E-state index contributed by atoms with van der Waals surface area (Å²) < 4.78 is 2.07. The highest BCUT2D eigenvalue weighted by Gasteiger charge is 2.06. The third-order valence-corrected chi connectivity index (χ3v) is 2.26. The lowest BCUT2D eigenvalue weighted by atomic mass is 10.3. The highest BCUT2D eigenvalue weighted by Crippen LogP contribution is 2.14. The minimum Gasteiger partial charge on any atom is -0.313 e. The number of imidazole rings is 1. The number of aryl methyl sites for hydroxylation is 2. The molecule has 0 unspecified atom stereocenters. The highest BCUT2D eigenvalue weighted by molar-refractivity contribution is 5.73. The third kappa shape index (κ3) is 1.16. The predicted molar refractivity (Wildman–Crippen MR) is 55.9 cm³/mol. The topological polar surface area (TPSA) is 30.7 Å². The fraction of sp³-hybridized carbons (Fsp3) is 0.273. The van der Waals surface area contributed by atoms with Crippen molar-refractivity contribution in [1.29, 1.82) is 0 Å². The van der Waals surface area contributed by atoms with E-state index in [9.17, 15) is 0 Å². The monoisotopic (exact) mass is 185 g/mol. The summed E-state index contributed by atoms with van der Waals surface area (Å²) in [5.74, 6) is 3.53. The molecule has 0 radical (unpaired) electrons. The van der Waals surface area contributed by atoms with Gasteiger partial charge in [0.2, 0.25) is 0 Å². The van der Waals surface area contributed by atoms with Crippen molar-refractivity contribution in [3.8, 4) is 12.3 Å². The van der Waals surface area contributed by atoms with Crippen LogP contribution in [0.15, 0.2) is 12.3 Å². The zero-order valence-electron chi connectivity index (χ0n) is 8.28. The van der Waals surface area contributed by atoms with E-state index in [4.69, 9.17) is 6.42 Å². The maximum absolute atomic E-state index is 5.29. The van der Waals surface area contributed by atoms with E-state index in [1.807, 2.05) is 13.0 Å². The third-order valence-electron chi connectivity index (χ3n) is 2.26. The molecule has 2 heterocycles. The molecule has 3 heteroatoms. The SMILES string of the molecule is C#Cc1cnc2c(c1)nc(C)n2CC. The van der Waals surface area contributed by atoms with E-state index in [1.165, 1.54) is 0 Å². The van der Waals surface area contributed by atoms with Crippen molar-refractivity contribution in [2.24, 2.45) is 0 Å². The fourth-order valence-corrected chi connectivity index (χ4v) is 1.58. The molecule has 0 N–H and O–H groups in total. The summed E-state index contributed by atoms with van der Waals surface area (Å²) in [7, 11) is 0. The quantitative estimate of drug-likeness (QED) is 0.633.